The SMILES string of the molecule is CC(CN)CN1CCCN(CCOCCO)CC1. The van der Waals surface area contributed by atoms with Crippen LogP contribution in [0.2, 0.25) is 0 Å². The average molecular weight is 259 g/mol. The van der Waals surface area contributed by atoms with E-state index in [9.17, 15) is 0 Å². The number of ether oxygens (including phenoxy) is 1. The van der Waals surface area contributed by atoms with Gasteiger partial charge in [-0.25, -0.2) is 0 Å². The Morgan fingerprint density at radius 2 is 1.89 bits per heavy atom. The lowest BCUT2D eigenvalue weighted by molar-refractivity contribution is 0.0742. The Balaban J connectivity index is 2.15. The van der Waals surface area contributed by atoms with E-state index in [1.165, 1.54) is 13.0 Å². The fraction of sp³-hybridized carbons (Fsp3) is 1.00. The molecule has 0 amide bonds. The summed E-state index contributed by atoms with van der Waals surface area (Å²) in [5.74, 6) is 0.587. The first-order chi connectivity index (χ1) is 8.76. The van der Waals surface area contributed by atoms with Crippen LogP contribution in [0.15, 0.2) is 0 Å². The molecule has 1 atom stereocenters. The Labute approximate surface area is 111 Å². The third-order valence-electron chi connectivity index (χ3n) is 3.44. The first-order valence-electron chi connectivity index (χ1n) is 7.09. The molecule has 0 aromatic heterocycles. The van der Waals surface area contributed by atoms with Gasteiger partial charge in [-0.15, -0.1) is 0 Å². The van der Waals surface area contributed by atoms with Gasteiger partial charge in [-0.3, -0.25) is 4.90 Å². The lowest BCUT2D eigenvalue weighted by Crippen LogP contribution is -2.36. The van der Waals surface area contributed by atoms with Crippen molar-refractivity contribution in [2.45, 2.75) is 13.3 Å². The molecule has 108 valence electrons. The van der Waals surface area contributed by atoms with Gasteiger partial charge in [0.2, 0.25) is 0 Å². The number of aliphatic hydroxyl groups excluding tert-OH is 1. The predicted molar refractivity (Wildman–Crippen MR) is 73.6 cm³/mol. The molecule has 1 heterocycles. The highest BCUT2D eigenvalue weighted by molar-refractivity contribution is 4.71. The molecule has 5 nitrogen and oxygen atoms in total. The maximum atomic E-state index is 8.63. The van der Waals surface area contributed by atoms with Crippen LogP contribution in [0.4, 0.5) is 0 Å². The molecule has 0 bridgehead atoms. The van der Waals surface area contributed by atoms with E-state index in [2.05, 4.69) is 16.7 Å². The molecular formula is C13H29N3O2. The van der Waals surface area contributed by atoms with Gasteiger partial charge in [0.05, 0.1) is 19.8 Å². The van der Waals surface area contributed by atoms with Crippen LogP contribution in [0.5, 0.6) is 0 Å². The summed E-state index contributed by atoms with van der Waals surface area (Å²) >= 11 is 0. The fourth-order valence-corrected chi connectivity index (χ4v) is 2.31. The monoisotopic (exact) mass is 259 g/mol. The second-order valence-electron chi connectivity index (χ2n) is 5.17. The molecule has 0 radical (unpaired) electrons. The second-order valence-corrected chi connectivity index (χ2v) is 5.17. The van der Waals surface area contributed by atoms with Gasteiger partial charge in [0.1, 0.15) is 0 Å². The van der Waals surface area contributed by atoms with Gasteiger partial charge in [0.15, 0.2) is 0 Å². The Morgan fingerprint density at radius 3 is 2.61 bits per heavy atom. The largest absolute Gasteiger partial charge is 0.394 e. The number of hydrogen-bond donors (Lipinski definition) is 2. The van der Waals surface area contributed by atoms with E-state index in [-0.39, 0.29) is 6.61 Å². The molecule has 0 saturated carbocycles. The number of rotatable bonds is 8. The van der Waals surface area contributed by atoms with Gasteiger partial charge in [-0.1, -0.05) is 6.92 Å². The molecule has 1 saturated heterocycles. The van der Waals surface area contributed by atoms with Crippen molar-refractivity contribution < 1.29 is 9.84 Å². The maximum absolute atomic E-state index is 8.63. The van der Waals surface area contributed by atoms with Crippen LogP contribution in [0.1, 0.15) is 13.3 Å². The van der Waals surface area contributed by atoms with Crippen LogP contribution < -0.4 is 5.73 Å². The summed E-state index contributed by atoms with van der Waals surface area (Å²) in [4.78, 5) is 4.97. The molecule has 1 unspecified atom stereocenters. The smallest absolute Gasteiger partial charge is 0.0698 e. The van der Waals surface area contributed by atoms with E-state index in [1.807, 2.05) is 0 Å². The highest BCUT2D eigenvalue weighted by Crippen LogP contribution is 2.05. The average Bonchev–Trinajstić information content (AvgIpc) is 2.60. The van der Waals surface area contributed by atoms with Gasteiger partial charge < -0.3 is 20.5 Å². The minimum Gasteiger partial charge on any atom is -0.394 e. The van der Waals surface area contributed by atoms with Crippen molar-refractivity contribution in [1.82, 2.24) is 9.80 Å². The van der Waals surface area contributed by atoms with Crippen molar-refractivity contribution in [3.8, 4) is 0 Å². The molecule has 5 heteroatoms. The Kier molecular flexibility index (Phi) is 8.54. The van der Waals surface area contributed by atoms with Crippen molar-refractivity contribution in [3.63, 3.8) is 0 Å². The van der Waals surface area contributed by atoms with Gasteiger partial charge in [-0.05, 0) is 32.0 Å². The molecule has 0 aliphatic carbocycles. The van der Waals surface area contributed by atoms with Crippen LogP contribution in [0.3, 0.4) is 0 Å². The number of hydrogen-bond acceptors (Lipinski definition) is 5. The maximum Gasteiger partial charge on any atom is 0.0698 e. The minimum absolute atomic E-state index is 0.116. The van der Waals surface area contributed by atoms with Crippen LogP contribution in [0, 0.1) is 5.92 Å². The number of nitrogens with zero attached hydrogens (tertiary/aromatic N) is 2. The third-order valence-corrected chi connectivity index (χ3v) is 3.44. The zero-order valence-corrected chi connectivity index (χ0v) is 11.7. The van der Waals surface area contributed by atoms with Crippen LogP contribution in [0.25, 0.3) is 0 Å². The van der Waals surface area contributed by atoms with Gasteiger partial charge in [0, 0.05) is 26.2 Å². The predicted octanol–water partition coefficient (Wildman–Crippen LogP) is -0.402. The lowest BCUT2D eigenvalue weighted by atomic mass is 10.1. The third kappa shape index (κ3) is 6.66. The molecule has 0 aromatic rings. The summed E-state index contributed by atoms with van der Waals surface area (Å²) in [5.41, 5.74) is 5.68. The molecule has 1 fully saturated rings. The molecule has 1 aliphatic heterocycles. The fourth-order valence-electron chi connectivity index (χ4n) is 2.31. The summed E-state index contributed by atoms with van der Waals surface area (Å²) in [6.45, 7) is 10.9. The zero-order valence-electron chi connectivity index (χ0n) is 11.7. The zero-order chi connectivity index (χ0) is 13.2. The molecular weight excluding hydrogens is 230 g/mol. The highest BCUT2D eigenvalue weighted by Gasteiger charge is 2.15. The van der Waals surface area contributed by atoms with Crippen LogP contribution in [-0.4, -0.2) is 80.5 Å². The molecule has 18 heavy (non-hydrogen) atoms. The quantitative estimate of drug-likeness (QED) is 0.581. The van der Waals surface area contributed by atoms with Crippen molar-refractivity contribution in [2.75, 3.05) is 65.6 Å². The normalized spacial score (nSPS) is 20.8. The van der Waals surface area contributed by atoms with Crippen molar-refractivity contribution in [2.24, 2.45) is 11.7 Å². The lowest BCUT2D eigenvalue weighted by Gasteiger charge is -2.23. The molecule has 3 N–H and O–H groups in total. The highest BCUT2D eigenvalue weighted by atomic mass is 16.5. The summed E-state index contributed by atoms with van der Waals surface area (Å²) in [7, 11) is 0. The Hall–Kier alpha value is -0.200. The number of nitrogens with two attached hydrogens (primary N) is 1. The van der Waals surface area contributed by atoms with E-state index >= 15 is 0 Å². The minimum atomic E-state index is 0.116. The summed E-state index contributed by atoms with van der Waals surface area (Å²) in [6, 6.07) is 0. The van der Waals surface area contributed by atoms with Crippen LogP contribution in [-0.2, 0) is 4.74 Å². The van der Waals surface area contributed by atoms with Crippen LogP contribution >= 0.6 is 0 Å². The van der Waals surface area contributed by atoms with E-state index in [0.29, 0.717) is 12.5 Å². The van der Waals surface area contributed by atoms with E-state index < -0.39 is 0 Å². The summed E-state index contributed by atoms with van der Waals surface area (Å²) in [5, 5.41) is 8.63. The Bertz CT molecular complexity index is 205. The van der Waals surface area contributed by atoms with Gasteiger partial charge in [0.25, 0.3) is 0 Å². The van der Waals surface area contributed by atoms with Gasteiger partial charge >= 0.3 is 0 Å². The summed E-state index contributed by atoms with van der Waals surface area (Å²) < 4.78 is 5.31. The molecule has 1 rings (SSSR count). The Morgan fingerprint density at radius 1 is 1.17 bits per heavy atom. The van der Waals surface area contributed by atoms with Crippen molar-refractivity contribution >= 4 is 0 Å². The molecule has 0 spiro atoms. The summed E-state index contributed by atoms with van der Waals surface area (Å²) in [6.07, 6.45) is 1.22. The van der Waals surface area contributed by atoms with Gasteiger partial charge in [-0.2, -0.15) is 0 Å². The van der Waals surface area contributed by atoms with Crippen molar-refractivity contribution in [1.29, 1.82) is 0 Å². The van der Waals surface area contributed by atoms with E-state index in [4.69, 9.17) is 15.6 Å². The van der Waals surface area contributed by atoms with E-state index in [0.717, 1.165) is 45.9 Å². The van der Waals surface area contributed by atoms with E-state index in [1.54, 1.807) is 0 Å². The first-order valence-corrected chi connectivity index (χ1v) is 7.09. The first kappa shape index (κ1) is 15.9. The van der Waals surface area contributed by atoms with Crippen molar-refractivity contribution in [3.05, 3.63) is 0 Å². The number of aliphatic hydroxyl groups is 1. The second kappa shape index (κ2) is 9.69. The topological polar surface area (TPSA) is 62.0 Å². The standard InChI is InChI=1S/C13H29N3O2/c1-13(11-14)12-16-4-2-3-15(5-6-16)7-9-18-10-8-17/h13,17H,2-12,14H2,1H3. The molecule has 1 aliphatic rings. The molecule has 0 aromatic carbocycles.